The van der Waals surface area contributed by atoms with Crippen molar-refractivity contribution >= 4 is 39.4 Å². The van der Waals surface area contributed by atoms with Crippen LogP contribution in [0.15, 0.2) is 61.4 Å². The van der Waals surface area contributed by atoms with Crippen LogP contribution in [0.5, 0.6) is 11.5 Å². The number of piperidine rings is 1. The number of pyridine rings is 1. The molecule has 5 aromatic rings. The lowest BCUT2D eigenvalue weighted by Crippen LogP contribution is -2.38. The third-order valence-electron chi connectivity index (χ3n) is 7.50. The normalized spacial score (nSPS) is 14.2. The Hall–Kier alpha value is -4.57. The number of carbonyl (C=O) groups excluding carboxylic acids is 1. The molecule has 1 aliphatic heterocycles. The van der Waals surface area contributed by atoms with Crippen LogP contribution in [0, 0.1) is 17.5 Å². The summed E-state index contributed by atoms with van der Waals surface area (Å²) < 4.78 is 48.2. The van der Waals surface area contributed by atoms with E-state index >= 15 is 8.78 Å². The molecule has 0 unspecified atom stereocenters. The molecule has 7 nitrogen and oxygen atoms in total. The lowest BCUT2D eigenvalue weighted by molar-refractivity contribution is -0.127. The summed E-state index contributed by atoms with van der Waals surface area (Å²) in [6.45, 7) is 4.44. The van der Waals surface area contributed by atoms with Crippen molar-refractivity contribution in [2.75, 3.05) is 13.1 Å². The van der Waals surface area contributed by atoms with Crippen molar-refractivity contribution in [2.45, 2.75) is 18.9 Å². The highest BCUT2D eigenvalue weighted by Gasteiger charge is 2.29. The van der Waals surface area contributed by atoms with Crippen LogP contribution in [0.1, 0.15) is 18.9 Å². The maximum atomic E-state index is 16.4. The number of likely N-dealkylation sites (tertiary alicyclic amines) is 1. The summed E-state index contributed by atoms with van der Waals surface area (Å²) in [4.78, 5) is 22.7. The number of phenolic OH excluding ortho intramolecular Hbond substituents is 2. The van der Waals surface area contributed by atoms with Crippen molar-refractivity contribution in [1.82, 2.24) is 19.4 Å². The van der Waals surface area contributed by atoms with Crippen LogP contribution in [-0.2, 0) is 4.79 Å². The maximum Gasteiger partial charge on any atom is 0.245 e. The summed E-state index contributed by atoms with van der Waals surface area (Å²) in [7, 11) is 0. The summed E-state index contributed by atoms with van der Waals surface area (Å²) >= 11 is 6.54. The standard InChI is InChI=1S/C30H22ClF3N4O3/c1-2-22(41)37-11-9-15(10-12-37)38-14-35-29-28(25-19(33)6-4-8-21(25)40)36-27-16(30(29)38)13-17(31)23(26(27)34)24-18(32)5-3-7-20(24)39/h2-8,13-15,39-40H,1,9-12H2. The Labute approximate surface area is 236 Å². The topological polar surface area (TPSA) is 91.5 Å². The highest BCUT2D eigenvalue weighted by atomic mass is 35.5. The number of halogens is 4. The summed E-state index contributed by atoms with van der Waals surface area (Å²) in [6.07, 6.45) is 3.89. The molecule has 41 heavy (non-hydrogen) atoms. The van der Waals surface area contributed by atoms with E-state index in [0.29, 0.717) is 31.4 Å². The fourth-order valence-electron chi connectivity index (χ4n) is 5.55. The molecule has 0 aliphatic carbocycles. The largest absolute Gasteiger partial charge is 0.507 e. The van der Waals surface area contributed by atoms with Gasteiger partial charge in [-0.3, -0.25) is 4.79 Å². The second-order valence-corrected chi connectivity index (χ2v) is 10.2. The molecule has 3 heterocycles. The number of aromatic nitrogens is 3. The first kappa shape index (κ1) is 26.6. The van der Waals surface area contributed by atoms with Crippen LogP contribution in [0.3, 0.4) is 0 Å². The van der Waals surface area contributed by atoms with Gasteiger partial charge in [-0.1, -0.05) is 30.3 Å². The van der Waals surface area contributed by atoms with Gasteiger partial charge in [0.1, 0.15) is 39.9 Å². The molecule has 11 heteroatoms. The summed E-state index contributed by atoms with van der Waals surface area (Å²) in [6, 6.07) is 8.52. The molecular weight excluding hydrogens is 557 g/mol. The van der Waals surface area contributed by atoms with E-state index in [9.17, 15) is 19.4 Å². The van der Waals surface area contributed by atoms with Gasteiger partial charge in [0.2, 0.25) is 5.91 Å². The van der Waals surface area contributed by atoms with E-state index in [1.807, 2.05) is 4.57 Å². The van der Waals surface area contributed by atoms with E-state index in [1.54, 1.807) is 4.90 Å². The van der Waals surface area contributed by atoms with E-state index < -0.39 is 40.1 Å². The number of hydrogen-bond donors (Lipinski definition) is 2. The third kappa shape index (κ3) is 4.26. The van der Waals surface area contributed by atoms with Crippen LogP contribution < -0.4 is 0 Å². The molecule has 208 valence electrons. The number of fused-ring (bicyclic) bond motifs is 3. The van der Waals surface area contributed by atoms with Crippen molar-refractivity contribution in [3.63, 3.8) is 0 Å². The number of imidazole rings is 1. The average molecular weight is 579 g/mol. The van der Waals surface area contributed by atoms with Gasteiger partial charge in [0.05, 0.1) is 28.0 Å². The lowest BCUT2D eigenvalue weighted by Gasteiger charge is -2.32. The van der Waals surface area contributed by atoms with Gasteiger partial charge < -0.3 is 19.7 Å². The molecule has 0 saturated carbocycles. The number of nitrogens with zero attached hydrogens (tertiary/aromatic N) is 4. The molecule has 2 N–H and O–H groups in total. The van der Waals surface area contributed by atoms with Gasteiger partial charge in [-0.15, -0.1) is 0 Å². The summed E-state index contributed by atoms with van der Waals surface area (Å²) in [5, 5.41) is 21.0. The van der Waals surface area contributed by atoms with Gasteiger partial charge in [0, 0.05) is 30.1 Å². The Bertz CT molecular complexity index is 1840. The summed E-state index contributed by atoms with van der Waals surface area (Å²) in [5.41, 5.74) is -0.954. The molecular formula is C30H22ClF3N4O3. The Morgan fingerprint density at radius 3 is 2.22 bits per heavy atom. The average Bonchev–Trinajstić information content (AvgIpc) is 3.40. The van der Waals surface area contributed by atoms with E-state index in [0.717, 1.165) is 12.1 Å². The van der Waals surface area contributed by atoms with Gasteiger partial charge in [-0.25, -0.2) is 23.1 Å². The molecule has 6 rings (SSSR count). The first-order valence-corrected chi connectivity index (χ1v) is 13.1. The van der Waals surface area contributed by atoms with E-state index in [2.05, 4.69) is 16.5 Å². The smallest absolute Gasteiger partial charge is 0.245 e. The van der Waals surface area contributed by atoms with E-state index in [-0.39, 0.29) is 44.6 Å². The molecule has 0 radical (unpaired) electrons. The molecule has 0 spiro atoms. The van der Waals surface area contributed by atoms with Crippen LogP contribution in [0.2, 0.25) is 5.02 Å². The minimum absolute atomic E-state index is 0.119. The molecule has 2 aromatic heterocycles. The monoisotopic (exact) mass is 578 g/mol. The van der Waals surface area contributed by atoms with E-state index in [4.69, 9.17) is 11.6 Å². The van der Waals surface area contributed by atoms with Crippen LogP contribution in [0.25, 0.3) is 44.3 Å². The van der Waals surface area contributed by atoms with Crippen molar-refractivity contribution in [2.24, 2.45) is 0 Å². The zero-order valence-corrected chi connectivity index (χ0v) is 22.2. The van der Waals surface area contributed by atoms with Gasteiger partial charge in [-0.05, 0) is 49.2 Å². The Morgan fingerprint density at radius 1 is 0.976 bits per heavy atom. The van der Waals surface area contributed by atoms with Crippen molar-refractivity contribution in [3.05, 3.63) is 83.9 Å². The number of amides is 1. The Balaban J connectivity index is 1.65. The minimum atomic E-state index is -1.04. The molecule has 0 atom stereocenters. The SMILES string of the molecule is C=CC(=O)N1CCC(n2cnc3c(-c4c(O)cccc4F)nc4c(F)c(-c5c(O)cccc5F)c(Cl)cc4c32)CC1. The lowest BCUT2D eigenvalue weighted by atomic mass is 9.98. The first-order valence-electron chi connectivity index (χ1n) is 12.8. The first-order chi connectivity index (χ1) is 19.7. The zero-order chi connectivity index (χ0) is 29.0. The van der Waals surface area contributed by atoms with E-state index in [1.165, 1.54) is 42.7 Å². The van der Waals surface area contributed by atoms with Gasteiger partial charge in [-0.2, -0.15) is 0 Å². The highest BCUT2D eigenvalue weighted by molar-refractivity contribution is 6.35. The van der Waals surface area contributed by atoms with Gasteiger partial charge >= 0.3 is 0 Å². The maximum absolute atomic E-state index is 16.4. The van der Waals surface area contributed by atoms with Crippen LogP contribution in [-0.4, -0.2) is 48.6 Å². The fraction of sp³-hybridized carbons (Fsp3) is 0.167. The second kappa shape index (κ2) is 10.1. The van der Waals surface area contributed by atoms with Crippen molar-refractivity contribution in [1.29, 1.82) is 0 Å². The molecule has 3 aromatic carbocycles. The van der Waals surface area contributed by atoms with Crippen molar-refractivity contribution < 1.29 is 28.2 Å². The van der Waals surface area contributed by atoms with Gasteiger partial charge in [0.25, 0.3) is 0 Å². The summed E-state index contributed by atoms with van der Waals surface area (Å²) in [5.74, 6) is -3.86. The quantitative estimate of drug-likeness (QED) is 0.230. The Morgan fingerprint density at radius 2 is 1.61 bits per heavy atom. The zero-order valence-electron chi connectivity index (χ0n) is 21.4. The van der Waals surface area contributed by atoms with Crippen LogP contribution in [0.4, 0.5) is 13.2 Å². The molecule has 1 fully saturated rings. The number of hydrogen-bond acceptors (Lipinski definition) is 5. The third-order valence-corrected chi connectivity index (χ3v) is 7.80. The number of rotatable bonds is 4. The number of carbonyl (C=O) groups is 1. The minimum Gasteiger partial charge on any atom is -0.507 e. The fourth-order valence-corrected chi connectivity index (χ4v) is 5.83. The molecule has 1 aliphatic rings. The van der Waals surface area contributed by atoms with Crippen LogP contribution >= 0.6 is 11.6 Å². The molecule has 1 saturated heterocycles. The number of benzene rings is 3. The number of phenols is 2. The molecule has 0 bridgehead atoms. The van der Waals surface area contributed by atoms with Crippen molar-refractivity contribution in [3.8, 4) is 33.9 Å². The highest BCUT2D eigenvalue weighted by Crippen LogP contribution is 2.45. The Kier molecular flexibility index (Phi) is 6.57. The number of aromatic hydroxyl groups is 2. The second-order valence-electron chi connectivity index (χ2n) is 9.78. The predicted octanol–water partition coefficient (Wildman–Crippen LogP) is 6.75. The van der Waals surface area contributed by atoms with Gasteiger partial charge in [0.15, 0.2) is 5.82 Å². The molecule has 1 amide bonds. The predicted molar refractivity (Wildman–Crippen MR) is 149 cm³/mol.